The van der Waals surface area contributed by atoms with Crippen molar-refractivity contribution in [3.63, 3.8) is 0 Å². The van der Waals surface area contributed by atoms with E-state index in [1.54, 1.807) is 4.98 Å². The SMILES string of the molecule is Cc1[nH]c(=O)[nH]c(=O)c1S(=O)(=O)Nc1ccc(OC(F)(F)F)cc1. The largest absolute Gasteiger partial charge is 0.573 e. The number of rotatable bonds is 4. The molecule has 0 radical (unpaired) electrons. The molecule has 0 atom stereocenters. The summed E-state index contributed by atoms with van der Waals surface area (Å²) >= 11 is 0. The number of anilines is 1. The first-order valence-corrected chi connectivity index (χ1v) is 7.68. The second kappa shape index (κ2) is 6.03. The molecule has 0 saturated heterocycles. The van der Waals surface area contributed by atoms with E-state index in [1.807, 2.05) is 4.72 Å². The van der Waals surface area contributed by atoms with Gasteiger partial charge in [-0.2, -0.15) is 0 Å². The van der Waals surface area contributed by atoms with Gasteiger partial charge < -0.3 is 9.72 Å². The number of aromatic nitrogens is 2. The van der Waals surface area contributed by atoms with Gasteiger partial charge in [-0.05, 0) is 31.2 Å². The van der Waals surface area contributed by atoms with Gasteiger partial charge in [-0.1, -0.05) is 0 Å². The number of benzene rings is 1. The van der Waals surface area contributed by atoms with Gasteiger partial charge in [-0.3, -0.25) is 14.5 Å². The molecule has 0 spiro atoms. The third-order valence-electron chi connectivity index (χ3n) is 2.68. The highest BCUT2D eigenvalue weighted by atomic mass is 32.2. The van der Waals surface area contributed by atoms with Crippen molar-refractivity contribution in [3.8, 4) is 5.75 Å². The maximum atomic E-state index is 12.2. The zero-order valence-electron chi connectivity index (χ0n) is 11.9. The third-order valence-corrected chi connectivity index (χ3v) is 4.22. The highest BCUT2D eigenvalue weighted by molar-refractivity contribution is 7.92. The maximum absolute atomic E-state index is 12.2. The highest BCUT2D eigenvalue weighted by Gasteiger charge is 2.31. The lowest BCUT2D eigenvalue weighted by molar-refractivity contribution is -0.274. The third kappa shape index (κ3) is 4.16. The molecule has 8 nitrogen and oxygen atoms in total. The number of aromatic amines is 2. The Labute approximate surface area is 132 Å². The normalized spacial score (nSPS) is 12.0. The topological polar surface area (TPSA) is 121 Å². The fourth-order valence-corrected chi connectivity index (χ4v) is 3.14. The van der Waals surface area contributed by atoms with Crippen molar-refractivity contribution < 1.29 is 26.3 Å². The number of halogens is 3. The fraction of sp³-hybridized carbons (Fsp3) is 0.167. The summed E-state index contributed by atoms with van der Waals surface area (Å²) in [7, 11) is -4.37. The molecule has 2 rings (SSSR count). The average molecular weight is 365 g/mol. The Kier molecular flexibility index (Phi) is 4.42. The van der Waals surface area contributed by atoms with Crippen LogP contribution in [0.3, 0.4) is 0 Å². The van der Waals surface area contributed by atoms with Crippen LogP contribution in [0.2, 0.25) is 0 Å². The van der Waals surface area contributed by atoms with Gasteiger partial charge in [-0.25, -0.2) is 13.2 Å². The molecule has 12 heteroatoms. The predicted octanol–water partition coefficient (Wildman–Crippen LogP) is 1.07. The van der Waals surface area contributed by atoms with E-state index < -0.39 is 38.3 Å². The van der Waals surface area contributed by atoms with Crippen LogP contribution in [0.1, 0.15) is 5.69 Å². The molecule has 1 heterocycles. The van der Waals surface area contributed by atoms with Crippen molar-refractivity contribution in [1.29, 1.82) is 0 Å². The van der Waals surface area contributed by atoms with Crippen LogP contribution in [0.5, 0.6) is 5.75 Å². The second-order valence-electron chi connectivity index (χ2n) is 4.54. The van der Waals surface area contributed by atoms with E-state index in [9.17, 15) is 31.2 Å². The molecule has 1 aromatic heterocycles. The van der Waals surface area contributed by atoms with Gasteiger partial charge in [0.25, 0.3) is 15.6 Å². The molecule has 0 saturated carbocycles. The summed E-state index contributed by atoms with van der Waals surface area (Å²) in [5, 5.41) is 0. The molecular weight excluding hydrogens is 355 g/mol. The molecule has 0 unspecified atom stereocenters. The van der Waals surface area contributed by atoms with Crippen LogP contribution < -0.4 is 20.7 Å². The summed E-state index contributed by atoms with van der Waals surface area (Å²) in [5.74, 6) is -0.538. The van der Waals surface area contributed by atoms with E-state index in [2.05, 4.69) is 9.72 Å². The lowest BCUT2D eigenvalue weighted by Crippen LogP contribution is -2.31. The molecule has 24 heavy (non-hydrogen) atoms. The molecule has 0 fully saturated rings. The summed E-state index contributed by atoms with van der Waals surface area (Å²) in [6.07, 6.45) is -4.87. The van der Waals surface area contributed by atoms with Crippen molar-refractivity contribution >= 4 is 15.7 Å². The molecule has 0 bridgehead atoms. The van der Waals surface area contributed by atoms with Crippen molar-refractivity contribution in [2.45, 2.75) is 18.2 Å². The molecule has 3 N–H and O–H groups in total. The Morgan fingerprint density at radius 1 is 1.08 bits per heavy atom. The predicted molar refractivity (Wildman–Crippen MR) is 76.4 cm³/mol. The van der Waals surface area contributed by atoms with Crippen LogP contribution in [-0.4, -0.2) is 24.7 Å². The minimum Gasteiger partial charge on any atom is -0.406 e. The molecule has 0 amide bonds. The first-order chi connectivity index (χ1) is 11.0. The number of hydrogen-bond donors (Lipinski definition) is 3. The smallest absolute Gasteiger partial charge is 0.406 e. The first-order valence-electron chi connectivity index (χ1n) is 6.20. The van der Waals surface area contributed by atoms with E-state index in [1.165, 1.54) is 6.92 Å². The maximum Gasteiger partial charge on any atom is 0.573 e. The zero-order chi connectivity index (χ0) is 18.1. The van der Waals surface area contributed by atoms with Crippen molar-refractivity contribution in [2.24, 2.45) is 0 Å². The molecule has 0 aliphatic rings. The Bertz CT molecular complexity index is 961. The van der Waals surface area contributed by atoms with Gasteiger partial charge in [0.05, 0.1) is 0 Å². The van der Waals surface area contributed by atoms with Crippen LogP contribution in [-0.2, 0) is 10.0 Å². The zero-order valence-corrected chi connectivity index (χ0v) is 12.7. The molecular formula is C12H10F3N3O5S. The van der Waals surface area contributed by atoms with Gasteiger partial charge in [0.15, 0.2) is 4.90 Å². The van der Waals surface area contributed by atoms with Crippen LogP contribution >= 0.6 is 0 Å². The van der Waals surface area contributed by atoms with Crippen molar-refractivity contribution in [2.75, 3.05) is 4.72 Å². The van der Waals surface area contributed by atoms with Gasteiger partial charge in [0.1, 0.15) is 5.75 Å². The van der Waals surface area contributed by atoms with E-state index in [-0.39, 0.29) is 11.4 Å². The molecule has 0 aliphatic carbocycles. The Hall–Kier alpha value is -2.76. The standard InChI is InChI=1S/C12H10F3N3O5S/c1-6-9(10(19)17-11(20)16-6)24(21,22)18-7-2-4-8(5-3-7)23-12(13,14)15/h2-5,18H,1H3,(H2,16,17,19,20). The molecule has 1 aromatic carbocycles. The number of aryl methyl sites for hydroxylation is 1. The fourth-order valence-electron chi connectivity index (χ4n) is 1.84. The number of alkyl halides is 3. The summed E-state index contributed by atoms with van der Waals surface area (Å²) in [5.41, 5.74) is -2.28. The van der Waals surface area contributed by atoms with Crippen LogP contribution in [0.15, 0.2) is 38.8 Å². The quantitative estimate of drug-likeness (QED) is 0.748. The van der Waals surface area contributed by atoms with Gasteiger partial charge >= 0.3 is 12.1 Å². The van der Waals surface area contributed by atoms with Crippen LogP contribution in [0, 0.1) is 6.92 Å². The molecule has 2 aromatic rings. The monoisotopic (exact) mass is 365 g/mol. The van der Waals surface area contributed by atoms with E-state index in [4.69, 9.17) is 0 Å². The first kappa shape index (κ1) is 17.6. The summed E-state index contributed by atoms with van der Waals surface area (Å²) in [6, 6.07) is 3.84. The van der Waals surface area contributed by atoms with Crippen LogP contribution in [0.4, 0.5) is 18.9 Å². The average Bonchev–Trinajstić information content (AvgIpc) is 2.37. The summed E-state index contributed by atoms with van der Waals surface area (Å²) in [6.45, 7) is 1.21. The minimum absolute atomic E-state index is 0.102. The molecule has 130 valence electrons. The Morgan fingerprint density at radius 2 is 1.67 bits per heavy atom. The summed E-state index contributed by atoms with van der Waals surface area (Å²) < 4.78 is 66.2. The number of ether oxygens (including phenoxy) is 1. The van der Waals surface area contributed by atoms with Crippen molar-refractivity contribution in [1.82, 2.24) is 9.97 Å². The van der Waals surface area contributed by atoms with E-state index in [0.717, 1.165) is 24.3 Å². The second-order valence-corrected chi connectivity index (χ2v) is 6.16. The van der Waals surface area contributed by atoms with Gasteiger partial charge in [-0.15, -0.1) is 13.2 Å². The van der Waals surface area contributed by atoms with Crippen LogP contribution in [0.25, 0.3) is 0 Å². The number of hydrogen-bond acceptors (Lipinski definition) is 5. The van der Waals surface area contributed by atoms with Gasteiger partial charge in [0.2, 0.25) is 0 Å². The lowest BCUT2D eigenvalue weighted by atomic mass is 10.3. The van der Waals surface area contributed by atoms with E-state index in [0.29, 0.717) is 0 Å². The lowest BCUT2D eigenvalue weighted by Gasteiger charge is -2.11. The number of H-pyrrole nitrogens is 2. The Morgan fingerprint density at radius 3 is 2.17 bits per heavy atom. The Balaban J connectivity index is 2.31. The minimum atomic E-state index is -4.87. The number of sulfonamides is 1. The summed E-state index contributed by atoms with van der Waals surface area (Å²) in [4.78, 5) is 25.9. The highest BCUT2D eigenvalue weighted by Crippen LogP contribution is 2.24. The molecule has 0 aliphatic heterocycles. The van der Waals surface area contributed by atoms with E-state index >= 15 is 0 Å². The number of nitrogens with one attached hydrogen (secondary N) is 3. The van der Waals surface area contributed by atoms with Gasteiger partial charge in [0, 0.05) is 11.4 Å². The van der Waals surface area contributed by atoms with Crippen molar-refractivity contribution in [3.05, 3.63) is 50.8 Å².